The van der Waals surface area contributed by atoms with Gasteiger partial charge in [-0.1, -0.05) is 27.5 Å². The molecule has 1 rings (SSSR count). The fourth-order valence-electron chi connectivity index (χ4n) is 1.07. The lowest BCUT2D eigenvalue weighted by Gasteiger charge is -2.05. The third-order valence-corrected chi connectivity index (χ3v) is 2.13. The lowest BCUT2D eigenvalue weighted by Crippen LogP contribution is -2.03. The molecular formula is C9H10BrClO. The predicted octanol–water partition coefficient (Wildman–Crippen LogP) is 3.03. The smallest absolute Gasteiger partial charge is 0.0552 e. The molecule has 0 fully saturated rings. The van der Waals surface area contributed by atoms with Crippen LogP contribution in [0.3, 0.4) is 0 Å². The zero-order valence-corrected chi connectivity index (χ0v) is 9.06. The summed E-state index contributed by atoms with van der Waals surface area (Å²) >= 11 is 9.16. The Labute approximate surface area is 85.5 Å². The first kappa shape index (κ1) is 10.0. The number of aliphatic hydroxyl groups is 1. The van der Waals surface area contributed by atoms with Crippen LogP contribution in [0.4, 0.5) is 0 Å². The highest BCUT2D eigenvalue weighted by Gasteiger charge is 2.01. The van der Waals surface area contributed by atoms with Gasteiger partial charge in [0.1, 0.15) is 0 Å². The zero-order chi connectivity index (χ0) is 9.14. The Bertz CT molecular complexity index is 253. The second kappa shape index (κ2) is 4.26. The Morgan fingerprint density at radius 1 is 1.50 bits per heavy atom. The van der Waals surface area contributed by atoms with Crippen LogP contribution < -0.4 is 0 Å². The summed E-state index contributed by atoms with van der Waals surface area (Å²) in [5.74, 6) is 0. The van der Waals surface area contributed by atoms with E-state index in [1.54, 1.807) is 6.92 Å². The van der Waals surface area contributed by atoms with E-state index >= 15 is 0 Å². The summed E-state index contributed by atoms with van der Waals surface area (Å²) in [7, 11) is 0. The first-order valence-electron chi connectivity index (χ1n) is 3.71. The van der Waals surface area contributed by atoms with Gasteiger partial charge in [0, 0.05) is 9.50 Å². The van der Waals surface area contributed by atoms with Crippen molar-refractivity contribution >= 4 is 27.5 Å². The fourth-order valence-corrected chi connectivity index (χ4v) is 2.00. The van der Waals surface area contributed by atoms with Gasteiger partial charge in [0.05, 0.1) is 6.10 Å². The molecule has 0 aromatic heterocycles. The van der Waals surface area contributed by atoms with E-state index in [0.29, 0.717) is 11.4 Å². The van der Waals surface area contributed by atoms with Crippen molar-refractivity contribution in [2.45, 2.75) is 19.4 Å². The number of benzene rings is 1. The van der Waals surface area contributed by atoms with E-state index < -0.39 is 0 Å². The minimum Gasteiger partial charge on any atom is -0.393 e. The highest BCUT2D eigenvalue weighted by molar-refractivity contribution is 9.10. The molecule has 0 aliphatic rings. The van der Waals surface area contributed by atoms with Gasteiger partial charge >= 0.3 is 0 Å². The zero-order valence-electron chi connectivity index (χ0n) is 6.72. The summed E-state index contributed by atoms with van der Waals surface area (Å²) in [5, 5.41) is 9.82. The third-order valence-electron chi connectivity index (χ3n) is 1.45. The molecule has 1 nitrogen and oxygen atoms in total. The van der Waals surface area contributed by atoms with Gasteiger partial charge in [0.25, 0.3) is 0 Å². The molecule has 0 saturated heterocycles. The number of hydrogen-bond acceptors (Lipinski definition) is 1. The average molecular weight is 250 g/mol. The van der Waals surface area contributed by atoms with Gasteiger partial charge < -0.3 is 5.11 Å². The average Bonchev–Trinajstić information content (AvgIpc) is 1.81. The van der Waals surface area contributed by atoms with Gasteiger partial charge in [-0.25, -0.2) is 0 Å². The second-order valence-corrected chi connectivity index (χ2v) is 4.18. The van der Waals surface area contributed by atoms with Gasteiger partial charge in [-0.3, -0.25) is 0 Å². The maximum Gasteiger partial charge on any atom is 0.0552 e. The lowest BCUT2D eigenvalue weighted by molar-refractivity contribution is 0.195. The van der Waals surface area contributed by atoms with Crippen molar-refractivity contribution in [1.82, 2.24) is 0 Å². The summed E-state index contributed by atoms with van der Waals surface area (Å²) in [6.45, 7) is 1.76. The number of aliphatic hydroxyl groups excluding tert-OH is 1. The topological polar surface area (TPSA) is 20.2 Å². The molecule has 1 aromatic rings. The van der Waals surface area contributed by atoms with Gasteiger partial charge in [-0.05, 0) is 37.1 Å². The summed E-state index contributed by atoms with van der Waals surface area (Å²) < 4.78 is 0.950. The van der Waals surface area contributed by atoms with Crippen molar-refractivity contribution in [3.8, 4) is 0 Å². The summed E-state index contributed by atoms with van der Waals surface area (Å²) in [5.41, 5.74) is 1.05. The molecule has 0 bridgehead atoms. The molecule has 0 amide bonds. The number of hydrogen-bond donors (Lipinski definition) is 1. The first-order valence-corrected chi connectivity index (χ1v) is 4.88. The van der Waals surface area contributed by atoms with Crippen LogP contribution in [0.1, 0.15) is 12.5 Å². The molecular weight excluding hydrogens is 239 g/mol. The molecule has 0 radical (unpaired) electrons. The monoisotopic (exact) mass is 248 g/mol. The Kier molecular flexibility index (Phi) is 3.56. The fraction of sp³-hybridized carbons (Fsp3) is 0.333. The van der Waals surface area contributed by atoms with Crippen molar-refractivity contribution in [1.29, 1.82) is 0 Å². The van der Waals surface area contributed by atoms with Crippen LogP contribution in [0.15, 0.2) is 22.7 Å². The molecule has 1 N–H and O–H groups in total. The SMILES string of the molecule is C[C@@H](O)Cc1cc(Cl)cc(Br)c1. The van der Waals surface area contributed by atoms with E-state index in [-0.39, 0.29) is 6.10 Å². The van der Waals surface area contributed by atoms with Crippen molar-refractivity contribution in [3.63, 3.8) is 0 Å². The van der Waals surface area contributed by atoms with Crippen LogP contribution in [0.25, 0.3) is 0 Å². The molecule has 0 aliphatic carbocycles. The molecule has 0 aliphatic heterocycles. The van der Waals surface area contributed by atoms with Gasteiger partial charge in [-0.15, -0.1) is 0 Å². The van der Waals surface area contributed by atoms with Gasteiger partial charge in [0.15, 0.2) is 0 Å². The van der Waals surface area contributed by atoms with E-state index in [1.807, 2.05) is 18.2 Å². The Balaban J connectivity index is 2.85. The maximum atomic E-state index is 9.13. The third kappa shape index (κ3) is 3.13. The van der Waals surface area contributed by atoms with Crippen molar-refractivity contribution in [2.24, 2.45) is 0 Å². The van der Waals surface area contributed by atoms with Gasteiger partial charge in [0.2, 0.25) is 0 Å². The molecule has 12 heavy (non-hydrogen) atoms. The highest BCUT2D eigenvalue weighted by atomic mass is 79.9. The van der Waals surface area contributed by atoms with E-state index in [2.05, 4.69) is 15.9 Å². The second-order valence-electron chi connectivity index (χ2n) is 2.83. The quantitative estimate of drug-likeness (QED) is 0.854. The Hall–Kier alpha value is -0.0500. The van der Waals surface area contributed by atoms with Crippen molar-refractivity contribution in [3.05, 3.63) is 33.3 Å². The van der Waals surface area contributed by atoms with Crippen molar-refractivity contribution in [2.75, 3.05) is 0 Å². The summed E-state index contributed by atoms with van der Waals surface area (Å²) in [6, 6.07) is 5.64. The molecule has 1 aromatic carbocycles. The highest BCUT2D eigenvalue weighted by Crippen LogP contribution is 2.20. The van der Waals surface area contributed by atoms with E-state index in [4.69, 9.17) is 16.7 Å². The molecule has 0 spiro atoms. The van der Waals surface area contributed by atoms with E-state index in [0.717, 1.165) is 10.0 Å². The largest absolute Gasteiger partial charge is 0.393 e. The molecule has 0 saturated carbocycles. The molecule has 0 heterocycles. The standard InChI is InChI=1S/C9H10BrClO/c1-6(12)2-7-3-8(10)5-9(11)4-7/h3-6,12H,2H2,1H3/t6-/m1/s1. The Morgan fingerprint density at radius 3 is 2.67 bits per heavy atom. The van der Waals surface area contributed by atoms with Crippen LogP contribution in [-0.4, -0.2) is 11.2 Å². The predicted molar refractivity (Wildman–Crippen MR) is 54.5 cm³/mol. The molecule has 3 heteroatoms. The van der Waals surface area contributed by atoms with Crippen LogP contribution >= 0.6 is 27.5 Å². The first-order chi connectivity index (χ1) is 5.58. The molecule has 0 unspecified atom stereocenters. The maximum absolute atomic E-state index is 9.13. The Morgan fingerprint density at radius 2 is 2.17 bits per heavy atom. The minimum atomic E-state index is -0.324. The van der Waals surface area contributed by atoms with E-state index in [9.17, 15) is 0 Å². The van der Waals surface area contributed by atoms with Crippen LogP contribution in [0, 0.1) is 0 Å². The number of halogens is 2. The van der Waals surface area contributed by atoms with Crippen LogP contribution in [0.5, 0.6) is 0 Å². The van der Waals surface area contributed by atoms with Crippen molar-refractivity contribution < 1.29 is 5.11 Å². The minimum absolute atomic E-state index is 0.324. The van der Waals surface area contributed by atoms with Gasteiger partial charge in [-0.2, -0.15) is 0 Å². The normalized spacial score (nSPS) is 13.0. The molecule has 66 valence electrons. The van der Waals surface area contributed by atoms with E-state index in [1.165, 1.54) is 0 Å². The summed E-state index contributed by atoms with van der Waals surface area (Å²) in [4.78, 5) is 0. The van der Waals surface area contributed by atoms with Crippen LogP contribution in [0.2, 0.25) is 5.02 Å². The molecule has 1 atom stereocenters. The number of rotatable bonds is 2. The summed E-state index contributed by atoms with van der Waals surface area (Å²) in [6.07, 6.45) is 0.314. The lowest BCUT2D eigenvalue weighted by atomic mass is 10.1. The van der Waals surface area contributed by atoms with Crippen LogP contribution in [-0.2, 0) is 6.42 Å².